The number of nitrogens with two attached hydrogens (primary N) is 1. The van der Waals surface area contributed by atoms with E-state index < -0.39 is 0 Å². The summed E-state index contributed by atoms with van der Waals surface area (Å²) < 4.78 is 12.8. The summed E-state index contributed by atoms with van der Waals surface area (Å²) >= 11 is 1.67. The number of hydrogen-bond acceptors (Lipinski definition) is 2. The van der Waals surface area contributed by atoms with E-state index in [1.54, 1.807) is 23.5 Å². The molecule has 0 spiro atoms. The van der Waals surface area contributed by atoms with Crippen LogP contribution < -0.4 is 5.73 Å². The zero-order valence-corrected chi connectivity index (χ0v) is 9.06. The summed E-state index contributed by atoms with van der Waals surface area (Å²) in [6, 6.07) is 8.67. The van der Waals surface area contributed by atoms with Crippen LogP contribution in [-0.4, -0.2) is 6.54 Å². The summed E-state index contributed by atoms with van der Waals surface area (Å²) in [5.74, 6) is -0.198. The van der Waals surface area contributed by atoms with Crippen LogP contribution in [-0.2, 0) is 6.42 Å². The molecule has 0 fully saturated rings. The molecule has 78 valence electrons. The van der Waals surface area contributed by atoms with Gasteiger partial charge < -0.3 is 5.73 Å². The molecule has 2 aromatic rings. The Balaban J connectivity index is 2.36. The number of thiophene rings is 1. The Bertz CT molecular complexity index is 433. The highest BCUT2D eigenvalue weighted by molar-refractivity contribution is 7.13. The molecule has 0 atom stereocenters. The molecule has 2 rings (SSSR count). The van der Waals surface area contributed by atoms with Gasteiger partial charge in [-0.25, -0.2) is 4.39 Å². The third-order valence-corrected chi connectivity index (χ3v) is 3.27. The highest BCUT2D eigenvalue weighted by Gasteiger charge is 2.05. The highest BCUT2D eigenvalue weighted by Crippen LogP contribution is 2.29. The smallest absolute Gasteiger partial charge is 0.123 e. The summed E-state index contributed by atoms with van der Waals surface area (Å²) in [7, 11) is 0. The molecule has 1 aromatic heterocycles. The van der Waals surface area contributed by atoms with E-state index in [4.69, 9.17) is 5.73 Å². The monoisotopic (exact) mass is 221 g/mol. The summed E-state index contributed by atoms with van der Waals surface area (Å²) in [5, 5.41) is 2.05. The molecular weight excluding hydrogens is 209 g/mol. The van der Waals surface area contributed by atoms with Gasteiger partial charge in [-0.1, -0.05) is 12.1 Å². The Morgan fingerprint density at radius 3 is 2.53 bits per heavy atom. The Labute approximate surface area is 92.4 Å². The summed E-state index contributed by atoms with van der Waals surface area (Å²) in [4.78, 5) is 1.19. The van der Waals surface area contributed by atoms with Crippen LogP contribution in [0.2, 0.25) is 0 Å². The topological polar surface area (TPSA) is 26.0 Å². The Morgan fingerprint density at radius 2 is 1.87 bits per heavy atom. The second-order valence-corrected chi connectivity index (χ2v) is 4.24. The van der Waals surface area contributed by atoms with Gasteiger partial charge in [0.2, 0.25) is 0 Å². The van der Waals surface area contributed by atoms with E-state index in [-0.39, 0.29) is 5.82 Å². The van der Waals surface area contributed by atoms with Crippen LogP contribution in [0.25, 0.3) is 10.4 Å². The molecular formula is C12H12FNS. The molecule has 0 bridgehead atoms. The predicted molar refractivity (Wildman–Crippen MR) is 62.5 cm³/mol. The molecule has 2 N–H and O–H groups in total. The van der Waals surface area contributed by atoms with Gasteiger partial charge >= 0.3 is 0 Å². The summed E-state index contributed by atoms with van der Waals surface area (Å²) in [6.45, 7) is 0.644. The van der Waals surface area contributed by atoms with E-state index in [9.17, 15) is 4.39 Å². The fourth-order valence-corrected chi connectivity index (χ4v) is 2.50. The van der Waals surface area contributed by atoms with Crippen LogP contribution >= 0.6 is 11.3 Å². The van der Waals surface area contributed by atoms with Gasteiger partial charge in [0.15, 0.2) is 0 Å². The minimum atomic E-state index is -0.198. The van der Waals surface area contributed by atoms with Crippen LogP contribution in [0.4, 0.5) is 4.39 Å². The summed E-state index contributed by atoms with van der Waals surface area (Å²) in [6.07, 6.45) is 0.871. The van der Waals surface area contributed by atoms with Crippen molar-refractivity contribution >= 4 is 11.3 Å². The summed E-state index contributed by atoms with van der Waals surface area (Å²) in [5.41, 5.74) is 7.84. The molecule has 0 saturated heterocycles. The number of halogens is 1. The first-order valence-electron chi connectivity index (χ1n) is 4.83. The zero-order chi connectivity index (χ0) is 10.7. The van der Waals surface area contributed by atoms with Gasteiger partial charge in [0.25, 0.3) is 0 Å². The van der Waals surface area contributed by atoms with E-state index in [1.165, 1.54) is 22.6 Å². The molecule has 1 aromatic carbocycles. The van der Waals surface area contributed by atoms with Crippen molar-refractivity contribution < 1.29 is 4.39 Å². The molecule has 0 aliphatic heterocycles. The largest absolute Gasteiger partial charge is 0.330 e. The maximum atomic E-state index is 12.8. The van der Waals surface area contributed by atoms with Crippen molar-refractivity contribution in [2.75, 3.05) is 6.54 Å². The second-order valence-electron chi connectivity index (χ2n) is 3.32. The van der Waals surface area contributed by atoms with E-state index >= 15 is 0 Å². The van der Waals surface area contributed by atoms with Gasteiger partial charge in [0, 0.05) is 4.88 Å². The van der Waals surface area contributed by atoms with Gasteiger partial charge in [-0.2, -0.15) is 0 Å². The lowest BCUT2D eigenvalue weighted by molar-refractivity contribution is 0.628. The van der Waals surface area contributed by atoms with E-state index in [1.807, 2.05) is 5.38 Å². The Kier molecular flexibility index (Phi) is 3.14. The highest BCUT2D eigenvalue weighted by atomic mass is 32.1. The third-order valence-electron chi connectivity index (χ3n) is 2.27. The number of hydrogen-bond donors (Lipinski definition) is 1. The molecule has 0 aliphatic rings. The van der Waals surface area contributed by atoms with E-state index in [2.05, 4.69) is 6.07 Å². The normalized spacial score (nSPS) is 10.5. The lowest BCUT2D eigenvalue weighted by Crippen LogP contribution is -2.02. The van der Waals surface area contributed by atoms with Crippen molar-refractivity contribution in [2.45, 2.75) is 6.42 Å². The second kappa shape index (κ2) is 4.55. The number of benzene rings is 1. The van der Waals surface area contributed by atoms with Gasteiger partial charge in [-0.05, 0) is 47.7 Å². The number of rotatable bonds is 3. The Hall–Kier alpha value is -1.19. The lowest BCUT2D eigenvalue weighted by atomic mass is 10.1. The fourth-order valence-electron chi connectivity index (χ4n) is 1.54. The van der Waals surface area contributed by atoms with Crippen molar-refractivity contribution in [3.05, 3.63) is 47.1 Å². The Morgan fingerprint density at radius 1 is 1.13 bits per heavy atom. The van der Waals surface area contributed by atoms with Crippen molar-refractivity contribution in [3.8, 4) is 10.4 Å². The molecule has 0 aliphatic carbocycles. The van der Waals surface area contributed by atoms with E-state index in [0.29, 0.717) is 6.54 Å². The molecule has 1 heterocycles. The lowest BCUT2D eigenvalue weighted by Gasteiger charge is -2.02. The molecule has 0 unspecified atom stereocenters. The predicted octanol–water partition coefficient (Wildman–Crippen LogP) is 3.06. The standard InChI is InChI=1S/C12H12FNS/c13-11-3-1-9(2-4-11)12-10(5-7-14)6-8-15-12/h1-4,6,8H,5,7,14H2. The van der Waals surface area contributed by atoms with Gasteiger partial charge in [0.1, 0.15) is 5.82 Å². The van der Waals surface area contributed by atoms with Gasteiger partial charge in [0.05, 0.1) is 0 Å². The van der Waals surface area contributed by atoms with Gasteiger partial charge in [-0.15, -0.1) is 11.3 Å². The molecule has 15 heavy (non-hydrogen) atoms. The molecule has 1 nitrogen and oxygen atoms in total. The molecule has 0 amide bonds. The minimum Gasteiger partial charge on any atom is -0.330 e. The van der Waals surface area contributed by atoms with Crippen molar-refractivity contribution in [2.24, 2.45) is 5.73 Å². The van der Waals surface area contributed by atoms with Gasteiger partial charge in [-0.3, -0.25) is 0 Å². The van der Waals surface area contributed by atoms with Crippen LogP contribution in [0.1, 0.15) is 5.56 Å². The maximum absolute atomic E-state index is 12.8. The maximum Gasteiger partial charge on any atom is 0.123 e. The fraction of sp³-hybridized carbons (Fsp3) is 0.167. The molecule has 0 radical (unpaired) electrons. The van der Waals surface area contributed by atoms with E-state index in [0.717, 1.165) is 12.0 Å². The van der Waals surface area contributed by atoms with Crippen molar-refractivity contribution in [3.63, 3.8) is 0 Å². The third kappa shape index (κ3) is 2.25. The molecule has 3 heteroatoms. The first-order chi connectivity index (χ1) is 7.31. The van der Waals surface area contributed by atoms with Crippen molar-refractivity contribution in [1.29, 1.82) is 0 Å². The average Bonchev–Trinajstić information content (AvgIpc) is 2.68. The first-order valence-corrected chi connectivity index (χ1v) is 5.71. The van der Waals surface area contributed by atoms with Crippen LogP contribution in [0.5, 0.6) is 0 Å². The van der Waals surface area contributed by atoms with Crippen LogP contribution in [0.15, 0.2) is 35.7 Å². The average molecular weight is 221 g/mol. The molecule has 0 saturated carbocycles. The minimum absolute atomic E-state index is 0.198. The van der Waals surface area contributed by atoms with Crippen LogP contribution in [0, 0.1) is 5.82 Å². The van der Waals surface area contributed by atoms with Crippen molar-refractivity contribution in [1.82, 2.24) is 0 Å². The SMILES string of the molecule is NCCc1ccsc1-c1ccc(F)cc1. The van der Waals surface area contributed by atoms with Crippen LogP contribution in [0.3, 0.4) is 0 Å². The quantitative estimate of drug-likeness (QED) is 0.847. The zero-order valence-electron chi connectivity index (χ0n) is 8.24. The first kappa shape index (κ1) is 10.3.